The number of hydrogen-bond donors (Lipinski definition) is 4. The fourth-order valence-electron chi connectivity index (χ4n) is 1.17. The average Bonchev–Trinajstić information content (AvgIpc) is 2.30. The van der Waals surface area contributed by atoms with Crippen LogP contribution in [0.3, 0.4) is 0 Å². The van der Waals surface area contributed by atoms with Crippen molar-refractivity contribution >= 4 is 33.6 Å². The summed E-state index contributed by atoms with van der Waals surface area (Å²) in [5, 5.41) is 22.3. The van der Waals surface area contributed by atoms with Gasteiger partial charge in [0.05, 0.1) is 6.54 Å². The quantitative estimate of drug-likeness (QED) is 0.673. The largest absolute Gasteiger partial charge is 0.479 e. The highest BCUT2D eigenvalue weighted by Gasteiger charge is 2.14. The molecule has 0 aromatic heterocycles. The van der Waals surface area contributed by atoms with E-state index in [2.05, 4.69) is 26.6 Å². The number of halogens is 1. The van der Waals surface area contributed by atoms with E-state index in [-0.39, 0.29) is 6.54 Å². The third kappa shape index (κ3) is 4.34. The number of benzene rings is 1. The molecule has 2 amide bonds. The minimum absolute atomic E-state index is 0.353. The van der Waals surface area contributed by atoms with Crippen LogP contribution in [0.15, 0.2) is 22.7 Å². The van der Waals surface area contributed by atoms with E-state index in [0.717, 1.165) is 10.0 Å². The number of aliphatic carboxylic acids is 1. The summed E-state index contributed by atoms with van der Waals surface area (Å²) < 4.78 is 0.814. The van der Waals surface area contributed by atoms with Crippen LogP contribution in [-0.2, 0) is 4.79 Å². The van der Waals surface area contributed by atoms with Gasteiger partial charge in [-0.25, -0.2) is 9.59 Å². The molecule has 4 N–H and O–H groups in total. The number of carbonyl (C=O) groups excluding carboxylic acids is 1. The lowest BCUT2D eigenvalue weighted by molar-refractivity contribution is -0.146. The summed E-state index contributed by atoms with van der Waals surface area (Å²) in [5.41, 5.74) is 1.47. The van der Waals surface area contributed by atoms with Gasteiger partial charge in [0.25, 0.3) is 0 Å². The van der Waals surface area contributed by atoms with E-state index >= 15 is 0 Å². The molecular formula is C11H13BrN2O4. The molecule has 0 fully saturated rings. The summed E-state index contributed by atoms with van der Waals surface area (Å²) in [6, 6.07) is 4.82. The Labute approximate surface area is 112 Å². The maximum atomic E-state index is 11.5. The number of carboxylic acid groups (broad SMARTS) is 1. The topological polar surface area (TPSA) is 98.7 Å². The van der Waals surface area contributed by atoms with E-state index in [0.29, 0.717) is 5.69 Å². The van der Waals surface area contributed by atoms with Crippen molar-refractivity contribution in [3.63, 3.8) is 0 Å². The molecule has 0 saturated heterocycles. The van der Waals surface area contributed by atoms with Crippen molar-refractivity contribution < 1.29 is 19.8 Å². The Hall–Kier alpha value is -1.60. The van der Waals surface area contributed by atoms with E-state index in [9.17, 15) is 9.59 Å². The summed E-state index contributed by atoms with van der Waals surface area (Å²) in [7, 11) is 0. The van der Waals surface area contributed by atoms with Crippen molar-refractivity contribution in [3.05, 3.63) is 28.2 Å². The maximum Gasteiger partial charge on any atom is 0.334 e. The van der Waals surface area contributed by atoms with Gasteiger partial charge in [-0.15, -0.1) is 0 Å². The predicted octanol–water partition coefficient (Wildman–Crippen LogP) is 1.32. The Morgan fingerprint density at radius 3 is 2.72 bits per heavy atom. The number of hydrogen-bond acceptors (Lipinski definition) is 3. The number of amides is 2. The molecule has 1 aromatic rings. The summed E-state index contributed by atoms with van der Waals surface area (Å²) in [6.07, 6.45) is -1.61. The number of nitrogens with one attached hydrogen (secondary N) is 2. The second kappa shape index (κ2) is 6.36. The molecule has 98 valence electrons. The van der Waals surface area contributed by atoms with Gasteiger partial charge in [-0.05, 0) is 24.6 Å². The van der Waals surface area contributed by atoms with Crippen LogP contribution < -0.4 is 10.6 Å². The molecule has 0 radical (unpaired) electrons. The second-order valence-corrected chi connectivity index (χ2v) is 4.56. The van der Waals surface area contributed by atoms with E-state index < -0.39 is 18.1 Å². The van der Waals surface area contributed by atoms with Crippen LogP contribution in [0.5, 0.6) is 0 Å². The molecule has 0 aliphatic rings. The Morgan fingerprint density at radius 2 is 2.11 bits per heavy atom. The molecule has 1 atom stereocenters. The molecule has 0 unspecified atom stereocenters. The van der Waals surface area contributed by atoms with Gasteiger partial charge in [-0.2, -0.15) is 0 Å². The molecular weight excluding hydrogens is 304 g/mol. The molecule has 0 aliphatic heterocycles. The van der Waals surface area contributed by atoms with Gasteiger partial charge in [0, 0.05) is 10.2 Å². The highest BCUT2D eigenvalue weighted by molar-refractivity contribution is 9.10. The number of carboxylic acids is 1. The third-order valence-electron chi connectivity index (χ3n) is 2.19. The Bertz CT molecular complexity index is 464. The van der Waals surface area contributed by atoms with Crippen molar-refractivity contribution in [2.75, 3.05) is 11.9 Å². The number of urea groups is 1. The zero-order chi connectivity index (χ0) is 13.7. The first-order valence-corrected chi connectivity index (χ1v) is 5.91. The van der Waals surface area contributed by atoms with Gasteiger partial charge in [0.15, 0.2) is 6.10 Å². The minimum atomic E-state index is -1.61. The standard InChI is InChI=1S/C11H13BrN2O4/c1-6-2-3-7(12)4-8(6)14-11(18)13-5-9(15)10(16)17/h2-4,9,15H,5H2,1H3,(H,16,17)(H2,13,14,18)/t9-/m0/s1. The zero-order valence-corrected chi connectivity index (χ0v) is 11.2. The molecule has 0 spiro atoms. The number of aliphatic hydroxyl groups is 1. The highest BCUT2D eigenvalue weighted by atomic mass is 79.9. The van der Waals surface area contributed by atoms with Crippen LogP contribution in [0.25, 0.3) is 0 Å². The van der Waals surface area contributed by atoms with Gasteiger partial charge >= 0.3 is 12.0 Å². The van der Waals surface area contributed by atoms with E-state index in [1.807, 2.05) is 19.1 Å². The van der Waals surface area contributed by atoms with Gasteiger partial charge in [0.1, 0.15) is 0 Å². The first-order valence-electron chi connectivity index (χ1n) is 5.12. The van der Waals surface area contributed by atoms with Crippen molar-refractivity contribution in [2.24, 2.45) is 0 Å². The normalized spacial score (nSPS) is 11.7. The van der Waals surface area contributed by atoms with Crippen molar-refractivity contribution in [3.8, 4) is 0 Å². The third-order valence-corrected chi connectivity index (χ3v) is 2.68. The lowest BCUT2D eigenvalue weighted by Gasteiger charge is -2.11. The molecule has 0 heterocycles. The average molecular weight is 317 g/mol. The van der Waals surface area contributed by atoms with E-state index in [1.54, 1.807) is 6.07 Å². The second-order valence-electron chi connectivity index (χ2n) is 3.65. The van der Waals surface area contributed by atoms with Crippen LogP contribution in [0, 0.1) is 6.92 Å². The number of anilines is 1. The molecule has 0 bridgehead atoms. The number of rotatable bonds is 4. The minimum Gasteiger partial charge on any atom is -0.479 e. The monoisotopic (exact) mass is 316 g/mol. The number of carbonyl (C=O) groups is 2. The Balaban J connectivity index is 2.54. The van der Waals surface area contributed by atoms with Crippen LogP contribution in [-0.4, -0.2) is 34.9 Å². The lowest BCUT2D eigenvalue weighted by Crippen LogP contribution is -2.38. The fraction of sp³-hybridized carbons (Fsp3) is 0.273. The molecule has 1 rings (SSSR count). The lowest BCUT2D eigenvalue weighted by atomic mass is 10.2. The van der Waals surface area contributed by atoms with Crippen LogP contribution >= 0.6 is 15.9 Å². The van der Waals surface area contributed by atoms with E-state index in [4.69, 9.17) is 10.2 Å². The summed E-state index contributed by atoms with van der Waals surface area (Å²) in [6.45, 7) is 1.47. The van der Waals surface area contributed by atoms with E-state index in [1.165, 1.54) is 0 Å². The van der Waals surface area contributed by atoms with Crippen LogP contribution in [0.2, 0.25) is 0 Å². The smallest absolute Gasteiger partial charge is 0.334 e. The number of aliphatic hydroxyl groups excluding tert-OH is 1. The molecule has 6 nitrogen and oxygen atoms in total. The van der Waals surface area contributed by atoms with Crippen molar-refractivity contribution in [2.45, 2.75) is 13.0 Å². The Morgan fingerprint density at radius 1 is 1.44 bits per heavy atom. The first-order chi connectivity index (χ1) is 8.40. The van der Waals surface area contributed by atoms with Gasteiger partial charge in [0.2, 0.25) is 0 Å². The van der Waals surface area contributed by atoms with Gasteiger partial charge in [-0.1, -0.05) is 22.0 Å². The maximum absolute atomic E-state index is 11.5. The zero-order valence-electron chi connectivity index (χ0n) is 9.61. The van der Waals surface area contributed by atoms with Crippen LogP contribution in [0.4, 0.5) is 10.5 Å². The highest BCUT2D eigenvalue weighted by Crippen LogP contribution is 2.20. The van der Waals surface area contributed by atoms with Gasteiger partial charge in [-0.3, -0.25) is 0 Å². The molecule has 18 heavy (non-hydrogen) atoms. The molecule has 7 heteroatoms. The first kappa shape index (κ1) is 14.5. The number of aryl methyl sites for hydroxylation is 1. The molecule has 0 saturated carbocycles. The predicted molar refractivity (Wildman–Crippen MR) is 69.5 cm³/mol. The summed E-state index contributed by atoms with van der Waals surface area (Å²) in [4.78, 5) is 21.8. The van der Waals surface area contributed by atoms with Crippen molar-refractivity contribution in [1.82, 2.24) is 5.32 Å². The molecule has 1 aromatic carbocycles. The fourth-order valence-corrected chi connectivity index (χ4v) is 1.53. The summed E-state index contributed by atoms with van der Waals surface area (Å²) >= 11 is 3.28. The van der Waals surface area contributed by atoms with Crippen molar-refractivity contribution in [1.29, 1.82) is 0 Å². The summed E-state index contributed by atoms with van der Waals surface area (Å²) in [5.74, 6) is -1.38. The van der Waals surface area contributed by atoms with Crippen LogP contribution in [0.1, 0.15) is 5.56 Å². The molecule has 0 aliphatic carbocycles. The Kier molecular flexibility index (Phi) is 5.11. The van der Waals surface area contributed by atoms with Gasteiger partial charge < -0.3 is 20.8 Å². The SMILES string of the molecule is Cc1ccc(Br)cc1NC(=O)NC[C@H](O)C(=O)O.